The number of ether oxygens (including phenoxy) is 2. The Balaban J connectivity index is 2.13. The maximum atomic E-state index is 9.10. The number of rotatable bonds is 7. The molecule has 1 aromatic carbocycles. The molecule has 0 spiro atoms. The lowest BCUT2D eigenvalue weighted by Gasteiger charge is -2.18. The second kappa shape index (κ2) is 6.07. The predicted octanol–water partition coefficient (Wildman–Crippen LogP) is 1.71. The quantitative estimate of drug-likeness (QED) is 0.774. The summed E-state index contributed by atoms with van der Waals surface area (Å²) in [5, 5.41) is 12.6. The Kier molecular flexibility index (Phi) is 4.44. The highest BCUT2D eigenvalue weighted by Gasteiger charge is 2.21. The first-order valence-corrected chi connectivity index (χ1v) is 6.41. The van der Waals surface area contributed by atoms with Crippen LogP contribution < -0.4 is 14.8 Å². The van der Waals surface area contributed by atoms with Crippen LogP contribution in [-0.2, 0) is 6.54 Å². The van der Waals surface area contributed by atoms with E-state index in [9.17, 15) is 0 Å². The van der Waals surface area contributed by atoms with Crippen molar-refractivity contribution >= 4 is 0 Å². The van der Waals surface area contributed by atoms with E-state index in [-0.39, 0.29) is 12.7 Å². The number of para-hydroxylation sites is 1. The van der Waals surface area contributed by atoms with E-state index in [1.54, 1.807) is 7.11 Å². The fraction of sp³-hybridized carbons (Fsp3) is 0.571. The van der Waals surface area contributed by atoms with E-state index >= 15 is 0 Å². The summed E-state index contributed by atoms with van der Waals surface area (Å²) in [5.74, 6) is 1.44. The van der Waals surface area contributed by atoms with Crippen molar-refractivity contribution in [1.29, 1.82) is 0 Å². The molecule has 100 valence electrons. The highest BCUT2D eigenvalue weighted by atomic mass is 16.5. The van der Waals surface area contributed by atoms with Gasteiger partial charge in [0.2, 0.25) is 0 Å². The Hall–Kier alpha value is -1.26. The molecule has 1 saturated carbocycles. The maximum absolute atomic E-state index is 9.10. The fourth-order valence-electron chi connectivity index (χ4n) is 1.78. The monoisotopic (exact) mass is 251 g/mol. The standard InChI is InChI=1S/C14H21NO3/c1-10(9-16)18-14-11(8-15-12-6-7-12)4-3-5-13(14)17-2/h3-5,10,12,15-16H,6-9H2,1-2H3. The van der Waals surface area contributed by atoms with Crippen molar-refractivity contribution in [3.8, 4) is 11.5 Å². The van der Waals surface area contributed by atoms with Crippen LogP contribution in [0.5, 0.6) is 11.5 Å². The molecule has 1 aliphatic rings. The third-order valence-electron chi connectivity index (χ3n) is 3.02. The highest BCUT2D eigenvalue weighted by Crippen LogP contribution is 2.32. The number of nitrogens with one attached hydrogen (secondary N) is 1. The summed E-state index contributed by atoms with van der Waals surface area (Å²) in [6, 6.07) is 6.51. The van der Waals surface area contributed by atoms with Crippen LogP contribution in [0.1, 0.15) is 25.3 Å². The molecule has 0 heterocycles. The molecule has 1 unspecified atom stereocenters. The van der Waals surface area contributed by atoms with Gasteiger partial charge in [-0.1, -0.05) is 12.1 Å². The molecule has 1 fully saturated rings. The summed E-state index contributed by atoms with van der Waals surface area (Å²) in [5.41, 5.74) is 1.07. The Bertz CT molecular complexity index is 391. The van der Waals surface area contributed by atoms with Crippen molar-refractivity contribution in [3.63, 3.8) is 0 Å². The Morgan fingerprint density at radius 2 is 2.22 bits per heavy atom. The van der Waals surface area contributed by atoms with Crippen LogP contribution in [-0.4, -0.2) is 31.0 Å². The van der Waals surface area contributed by atoms with Gasteiger partial charge in [-0.05, 0) is 25.8 Å². The van der Waals surface area contributed by atoms with E-state index in [0.29, 0.717) is 11.8 Å². The van der Waals surface area contributed by atoms with Gasteiger partial charge in [-0.3, -0.25) is 0 Å². The lowest BCUT2D eigenvalue weighted by Crippen LogP contribution is -2.20. The number of benzene rings is 1. The molecule has 4 nitrogen and oxygen atoms in total. The largest absolute Gasteiger partial charge is 0.493 e. The molecule has 4 heteroatoms. The topological polar surface area (TPSA) is 50.7 Å². The lowest BCUT2D eigenvalue weighted by atomic mass is 10.1. The fourth-order valence-corrected chi connectivity index (χ4v) is 1.78. The van der Waals surface area contributed by atoms with Crippen LogP contribution in [0.4, 0.5) is 0 Å². The van der Waals surface area contributed by atoms with E-state index in [4.69, 9.17) is 14.6 Å². The Morgan fingerprint density at radius 1 is 1.44 bits per heavy atom. The first-order valence-electron chi connectivity index (χ1n) is 6.41. The van der Waals surface area contributed by atoms with Gasteiger partial charge in [0.1, 0.15) is 6.10 Å². The van der Waals surface area contributed by atoms with Gasteiger partial charge in [0.05, 0.1) is 13.7 Å². The van der Waals surface area contributed by atoms with Crippen molar-refractivity contribution in [2.45, 2.75) is 38.5 Å². The molecular weight excluding hydrogens is 230 g/mol. The number of aliphatic hydroxyl groups is 1. The highest BCUT2D eigenvalue weighted by molar-refractivity contribution is 5.46. The Labute approximate surface area is 108 Å². The molecule has 1 atom stereocenters. The molecule has 18 heavy (non-hydrogen) atoms. The molecule has 1 aliphatic carbocycles. The van der Waals surface area contributed by atoms with E-state index in [2.05, 4.69) is 5.32 Å². The summed E-state index contributed by atoms with van der Waals surface area (Å²) < 4.78 is 11.1. The third-order valence-corrected chi connectivity index (χ3v) is 3.02. The number of aliphatic hydroxyl groups excluding tert-OH is 1. The zero-order chi connectivity index (χ0) is 13.0. The Morgan fingerprint density at radius 3 is 2.83 bits per heavy atom. The van der Waals surface area contributed by atoms with Crippen molar-refractivity contribution in [3.05, 3.63) is 23.8 Å². The SMILES string of the molecule is COc1cccc(CNC2CC2)c1OC(C)CO. The van der Waals surface area contributed by atoms with Gasteiger partial charge in [-0.15, -0.1) is 0 Å². The summed E-state index contributed by atoms with van der Waals surface area (Å²) in [6.45, 7) is 2.60. The number of hydrogen-bond donors (Lipinski definition) is 2. The van der Waals surface area contributed by atoms with E-state index < -0.39 is 0 Å². The normalized spacial score (nSPS) is 16.4. The summed E-state index contributed by atoms with van der Waals surface area (Å²) >= 11 is 0. The number of hydrogen-bond acceptors (Lipinski definition) is 4. The van der Waals surface area contributed by atoms with Crippen molar-refractivity contribution in [2.24, 2.45) is 0 Å². The third kappa shape index (κ3) is 3.37. The first kappa shape index (κ1) is 13.2. The van der Waals surface area contributed by atoms with Gasteiger partial charge in [0.25, 0.3) is 0 Å². The van der Waals surface area contributed by atoms with Gasteiger partial charge in [0, 0.05) is 18.2 Å². The van der Waals surface area contributed by atoms with Gasteiger partial charge in [0.15, 0.2) is 11.5 Å². The van der Waals surface area contributed by atoms with Crippen molar-refractivity contribution < 1.29 is 14.6 Å². The van der Waals surface area contributed by atoms with Gasteiger partial charge >= 0.3 is 0 Å². The van der Waals surface area contributed by atoms with Crippen molar-refractivity contribution in [2.75, 3.05) is 13.7 Å². The van der Waals surface area contributed by atoms with Gasteiger partial charge < -0.3 is 19.9 Å². The minimum Gasteiger partial charge on any atom is -0.493 e. The molecule has 2 rings (SSSR count). The van der Waals surface area contributed by atoms with Crippen LogP contribution in [0.15, 0.2) is 18.2 Å². The maximum Gasteiger partial charge on any atom is 0.166 e. The predicted molar refractivity (Wildman–Crippen MR) is 70.0 cm³/mol. The van der Waals surface area contributed by atoms with Crippen LogP contribution >= 0.6 is 0 Å². The molecule has 0 aromatic heterocycles. The molecule has 1 aromatic rings. The molecule has 2 N–H and O–H groups in total. The average molecular weight is 251 g/mol. The zero-order valence-electron chi connectivity index (χ0n) is 11.0. The van der Waals surface area contributed by atoms with Crippen molar-refractivity contribution in [1.82, 2.24) is 5.32 Å². The molecule has 0 radical (unpaired) electrons. The average Bonchev–Trinajstić information content (AvgIpc) is 3.21. The van der Waals surface area contributed by atoms with E-state index in [0.717, 1.165) is 17.9 Å². The van der Waals surface area contributed by atoms with Crippen LogP contribution in [0, 0.1) is 0 Å². The van der Waals surface area contributed by atoms with Crippen LogP contribution in [0.3, 0.4) is 0 Å². The molecule has 0 aliphatic heterocycles. The molecular formula is C14H21NO3. The minimum absolute atomic E-state index is 0.00641. The molecule has 0 saturated heterocycles. The van der Waals surface area contributed by atoms with E-state index in [1.807, 2.05) is 25.1 Å². The number of methoxy groups -OCH3 is 1. The molecule has 0 bridgehead atoms. The first-order chi connectivity index (χ1) is 8.74. The van der Waals surface area contributed by atoms with Gasteiger partial charge in [-0.2, -0.15) is 0 Å². The lowest BCUT2D eigenvalue weighted by molar-refractivity contribution is 0.125. The summed E-state index contributed by atoms with van der Waals surface area (Å²) in [4.78, 5) is 0. The van der Waals surface area contributed by atoms with Crippen LogP contribution in [0.25, 0.3) is 0 Å². The second-order valence-corrected chi connectivity index (χ2v) is 4.71. The van der Waals surface area contributed by atoms with Crippen LogP contribution in [0.2, 0.25) is 0 Å². The van der Waals surface area contributed by atoms with E-state index in [1.165, 1.54) is 12.8 Å². The minimum atomic E-state index is -0.235. The second-order valence-electron chi connectivity index (χ2n) is 4.71. The smallest absolute Gasteiger partial charge is 0.166 e. The zero-order valence-corrected chi connectivity index (χ0v) is 11.0. The summed E-state index contributed by atoms with van der Waals surface area (Å²) in [6.07, 6.45) is 2.28. The summed E-state index contributed by atoms with van der Waals surface area (Å²) in [7, 11) is 1.63. The van der Waals surface area contributed by atoms with Gasteiger partial charge in [-0.25, -0.2) is 0 Å². The molecule has 0 amide bonds.